The molecule has 21 heavy (non-hydrogen) atoms. The van der Waals surface area contributed by atoms with Crippen LogP contribution in [0.3, 0.4) is 0 Å². The molecule has 1 amide bonds. The van der Waals surface area contributed by atoms with Crippen molar-refractivity contribution < 1.29 is 9.53 Å². The molecule has 0 bridgehead atoms. The van der Waals surface area contributed by atoms with Gasteiger partial charge in [0.25, 0.3) is 0 Å². The van der Waals surface area contributed by atoms with Gasteiger partial charge in [0, 0.05) is 6.54 Å². The summed E-state index contributed by atoms with van der Waals surface area (Å²) in [6.45, 7) is 3.65. The first-order valence-electron chi connectivity index (χ1n) is 7.91. The molecule has 0 N–H and O–H groups in total. The van der Waals surface area contributed by atoms with Gasteiger partial charge in [0.05, 0.1) is 6.04 Å². The van der Waals surface area contributed by atoms with Crippen molar-refractivity contribution in [2.75, 3.05) is 33.3 Å². The molecular weight excluding hydrogens is 264 g/mol. The van der Waals surface area contributed by atoms with Gasteiger partial charge < -0.3 is 9.64 Å². The van der Waals surface area contributed by atoms with Crippen molar-refractivity contribution in [3.05, 3.63) is 35.9 Å². The van der Waals surface area contributed by atoms with Gasteiger partial charge in [-0.1, -0.05) is 30.3 Å². The fourth-order valence-corrected chi connectivity index (χ4v) is 3.32. The maximum Gasteiger partial charge on any atom is 0.410 e. The number of rotatable bonds is 4. The maximum atomic E-state index is 12.0. The third-order valence-corrected chi connectivity index (χ3v) is 4.78. The Morgan fingerprint density at radius 2 is 1.90 bits per heavy atom. The smallest absolute Gasteiger partial charge is 0.410 e. The standard InChI is InChI=1S/C17H24N2O2/c1-18-10-7-14(8-11-18)9-12-19-16(13-21-17(19)20)15-5-3-2-4-6-15/h2-6,14,16H,7-13H2,1H3. The highest BCUT2D eigenvalue weighted by Gasteiger charge is 2.34. The Morgan fingerprint density at radius 3 is 2.62 bits per heavy atom. The molecule has 2 fully saturated rings. The lowest BCUT2D eigenvalue weighted by Gasteiger charge is -2.30. The molecule has 4 heteroatoms. The van der Waals surface area contributed by atoms with Crippen molar-refractivity contribution in [1.29, 1.82) is 0 Å². The van der Waals surface area contributed by atoms with E-state index in [9.17, 15) is 4.79 Å². The number of hydrogen-bond donors (Lipinski definition) is 0. The Labute approximate surface area is 126 Å². The quantitative estimate of drug-likeness (QED) is 0.854. The zero-order chi connectivity index (χ0) is 14.7. The molecule has 0 spiro atoms. The molecule has 114 valence electrons. The molecule has 1 atom stereocenters. The van der Waals surface area contributed by atoms with Crippen LogP contribution in [-0.4, -0.2) is 49.2 Å². The maximum absolute atomic E-state index is 12.0. The number of carbonyl (C=O) groups excluding carboxylic acids is 1. The van der Waals surface area contributed by atoms with Gasteiger partial charge in [0.2, 0.25) is 0 Å². The van der Waals surface area contributed by atoms with E-state index >= 15 is 0 Å². The Kier molecular flexibility index (Phi) is 4.44. The van der Waals surface area contributed by atoms with Crippen LogP contribution < -0.4 is 0 Å². The third kappa shape index (κ3) is 3.38. The number of likely N-dealkylation sites (tertiary alicyclic amines) is 1. The first-order chi connectivity index (χ1) is 10.2. The van der Waals surface area contributed by atoms with Crippen molar-refractivity contribution in [1.82, 2.24) is 9.80 Å². The summed E-state index contributed by atoms with van der Waals surface area (Å²) in [6, 6.07) is 10.3. The van der Waals surface area contributed by atoms with Crippen LogP contribution >= 0.6 is 0 Å². The fourth-order valence-electron chi connectivity index (χ4n) is 3.32. The second-order valence-electron chi connectivity index (χ2n) is 6.23. The molecule has 0 saturated carbocycles. The van der Waals surface area contributed by atoms with Crippen LogP contribution in [0.25, 0.3) is 0 Å². The molecule has 0 radical (unpaired) electrons. The van der Waals surface area contributed by atoms with Crippen LogP contribution in [0.5, 0.6) is 0 Å². The average Bonchev–Trinajstić information content (AvgIpc) is 2.89. The molecule has 2 heterocycles. The van der Waals surface area contributed by atoms with E-state index in [0.717, 1.165) is 18.9 Å². The van der Waals surface area contributed by atoms with Crippen molar-refractivity contribution in [2.45, 2.75) is 25.3 Å². The summed E-state index contributed by atoms with van der Waals surface area (Å²) < 4.78 is 5.27. The molecule has 2 aliphatic rings. The van der Waals surface area contributed by atoms with E-state index in [2.05, 4.69) is 24.1 Å². The number of cyclic esters (lactones) is 1. The van der Waals surface area contributed by atoms with Crippen LogP contribution in [-0.2, 0) is 4.74 Å². The van der Waals surface area contributed by atoms with E-state index in [4.69, 9.17) is 4.74 Å². The first-order valence-corrected chi connectivity index (χ1v) is 7.91. The van der Waals surface area contributed by atoms with Crippen LogP contribution in [0.4, 0.5) is 4.79 Å². The van der Waals surface area contributed by atoms with Crippen LogP contribution in [0.1, 0.15) is 30.9 Å². The largest absolute Gasteiger partial charge is 0.447 e. The summed E-state index contributed by atoms with van der Waals surface area (Å²) in [5, 5.41) is 0. The predicted octanol–water partition coefficient (Wildman–Crippen LogP) is 2.91. The number of benzene rings is 1. The molecule has 0 aromatic heterocycles. The number of ether oxygens (including phenoxy) is 1. The minimum atomic E-state index is -0.156. The predicted molar refractivity (Wildman–Crippen MR) is 82.1 cm³/mol. The third-order valence-electron chi connectivity index (χ3n) is 4.78. The SMILES string of the molecule is CN1CCC(CCN2C(=O)OCC2c2ccccc2)CC1. The van der Waals surface area contributed by atoms with Gasteiger partial charge in [-0.3, -0.25) is 4.90 Å². The summed E-state index contributed by atoms with van der Waals surface area (Å²) in [7, 11) is 2.18. The molecular formula is C17H24N2O2. The molecule has 2 saturated heterocycles. The zero-order valence-corrected chi connectivity index (χ0v) is 12.7. The van der Waals surface area contributed by atoms with Gasteiger partial charge in [-0.05, 0) is 50.9 Å². The van der Waals surface area contributed by atoms with Crippen molar-refractivity contribution >= 4 is 6.09 Å². The lowest BCUT2D eigenvalue weighted by atomic mass is 9.93. The Balaban J connectivity index is 1.59. The van der Waals surface area contributed by atoms with E-state index in [-0.39, 0.29) is 12.1 Å². The number of piperidine rings is 1. The lowest BCUT2D eigenvalue weighted by Crippen LogP contribution is -2.34. The van der Waals surface area contributed by atoms with Crippen LogP contribution in [0.2, 0.25) is 0 Å². The van der Waals surface area contributed by atoms with Gasteiger partial charge in [-0.25, -0.2) is 4.79 Å². The topological polar surface area (TPSA) is 32.8 Å². The highest BCUT2D eigenvalue weighted by molar-refractivity contribution is 5.70. The molecule has 3 rings (SSSR count). The number of nitrogens with zero attached hydrogens (tertiary/aromatic N) is 2. The fraction of sp³-hybridized carbons (Fsp3) is 0.588. The Morgan fingerprint density at radius 1 is 1.19 bits per heavy atom. The molecule has 1 aromatic rings. The van der Waals surface area contributed by atoms with Gasteiger partial charge >= 0.3 is 6.09 Å². The number of carbonyl (C=O) groups is 1. The normalized spacial score (nSPS) is 24.3. The molecule has 0 aliphatic carbocycles. The summed E-state index contributed by atoms with van der Waals surface area (Å²) >= 11 is 0. The zero-order valence-electron chi connectivity index (χ0n) is 12.7. The van der Waals surface area contributed by atoms with E-state index in [1.54, 1.807) is 0 Å². The van der Waals surface area contributed by atoms with Crippen LogP contribution in [0.15, 0.2) is 30.3 Å². The summed E-state index contributed by atoms with van der Waals surface area (Å²) in [4.78, 5) is 16.3. The molecule has 1 unspecified atom stereocenters. The van der Waals surface area contributed by atoms with Gasteiger partial charge in [-0.15, -0.1) is 0 Å². The highest BCUT2D eigenvalue weighted by Crippen LogP contribution is 2.29. The minimum Gasteiger partial charge on any atom is -0.447 e. The Hall–Kier alpha value is -1.55. The second-order valence-corrected chi connectivity index (χ2v) is 6.23. The van der Waals surface area contributed by atoms with E-state index in [1.165, 1.54) is 31.5 Å². The Bertz CT molecular complexity index is 469. The van der Waals surface area contributed by atoms with E-state index < -0.39 is 0 Å². The van der Waals surface area contributed by atoms with Gasteiger partial charge in [-0.2, -0.15) is 0 Å². The van der Waals surface area contributed by atoms with E-state index in [0.29, 0.717) is 6.61 Å². The summed E-state index contributed by atoms with van der Waals surface area (Å²) in [6.07, 6.45) is 3.42. The second kappa shape index (κ2) is 6.48. The monoisotopic (exact) mass is 288 g/mol. The molecule has 1 aromatic carbocycles. The minimum absolute atomic E-state index is 0.0879. The van der Waals surface area contributed by atoms with Gasteiger partial charge in [0.1, 0.15) is 6.61 Å². The van der Waals surface area contributed by atoms with Crippen LogP contribution in [0, 0.1) is 5.92 Å². The molecule has 4 nitrogen and oxygen atoms in total. The number of hydrogen-bond acceptors (Lipinski definition) is 3. The molecule has 2 aliphatic heterocycles. The lowest BCUT2D eigenvalue weighted by molar-refractivity contribution is 0.151. The average molecular weight is 288 g/mol. The summed E-state index contributed by atoms with van der Waals surface area (Å²) in [5.41, 5.74) is 1.17. The number of amides is 1. The van der Waals surface area contributed by atoms with Crippen molar-refractivity contribution in [2.24, 2.45) is 5.92 Å². The first kappa shape index (κ1) is 14.4. The van der Waals surface area contributed by atoms with Crippen molar-refractivity contribution in [3.8, 4) is 0 Å². The van der Waals surface area contributed by atoms with Gasteiger partial charge in [0.15, 0.2) is 0 Å². The highest BCUT2D eigenvalue weighted by atomic mass is 16.6. The van der Waals surface area contributed by atoms with E-state index in [1.807, 2.05) is 23.1 Å². The van der Waals surface area contributed by atoms with Crippen molar-refractivity contribution in [3.63, 3.8) is 0 Å². The summed E-state index contributed by atoms with van der Waals surface area (Å²) in [5.74, 6) is 0.742.